The Kier molecular flexibility index (Phi) is 6.14. The van der Waals surface area contributed by atoms with E-state index in [0.29, 0.717) is 10.9 Å². The number of rotatable bonds is 5. The van der Waals surface area contributed by atoms with Gasteiger partial charge >= 0.3 is 5.97 Å². The van der Waals surface area contributed by atoms with Crippen LogP contribution in [0.5, 0.6) is 0 Å². The molecule has 0 aliphatic carbocycles. The number of carbonyl (C=O) groups excluding carboxylic acids is 1. The fraction of sp³-hybridized carbons (Fsp3) is 0.455. The van der Waals surface area contributed by atoms with Gasteiger partial charge in [-0.2, -0.15) is 0 Å². The van der Waals surface area contributed by atoms with Crippen LogP contribution in [0.2, 0.25) is 0 Å². The van der Waals surface area contributed by atoms with Crippen molar-refractivity contribution in [3.05, 3.63) is 27.5 Å². The van der Waals surface area contributed by atoms with Gasteiger partial charge in [-0.15, -0.1) is 0 Å². The van der Waals surface area contributed by atoms with Crippen LogP contribution in [-0.4, -0.2) is 17.6 Å². The maximum atomic E-state index is 13.0. The van der Waals surface area contributed by atoms with Crippen molar-refractivity contribution in [2.45, 2.75) is 25.1 Å². The van der Waals surface area contributed by atoms with Crippen LogP contribution in [0.1, 0.15) is 30.2 Å². The van der Waals surface area contributed by atoms with Gasteiger partial charge < -0.3 is 4.74 Å². The SMILES string of the molecule is CCOC(=O)Cc1ncc(CBr)c(Br)c1C(F)F. The van der Waals surface area contributed by atoms with E-state index in [1.54, 1.807) is 6.92 Å². The predicted molar refractivity (Wildman–Crippen MR) is 69.9 cm³/mol. The lowest BCUT2D eigenvalue weighted by molar-refractivity contribution is -0.142. The molecule has 0 atom stereocenters. The highest BCUT2D eigenvalue weighted by molar-refractivity contribution is 9.10. The highest BCUT2D eigenvalue weighted by atomic mass is 79.9. The number of esters is 1. The lowest BCUT2D eigenvalue weighted by Gasteiger charge is -2.12. The van der Waals surface area contributed by atoms with E-state index < -0.39 is 12.4 Å². The molecule has 1 aromatic rings. The molecule has 1 rings (SSSR count). The monoisotopic (exact) mass is 385 g/mol. The minimum Gasteiger partial charge on any atom is -0.466 e. The third-order valence-electron chi connectivity index (χ3n) is 2.18. The van der Waals surface area contributed by atoms with Gasteiger partial charge in [-0.3, -0.25) is 9.78 Å². The van der Waals surface area contributed by atoms with Gasteiger partial charge in [-0.05, 0) is 28.4 Å². The molecular weight excluding hydrogens is 376 g/mol. The van der Waals surface area contributed by atoms with Crippen molar-refractivity contribution in [2.24, 2.45) is 0 Å². The minimum absolute atomic E-state index is 0.0417. The number of hydrogen-bond acceptors (Lipinski definition) is 3. The molecule has 0 aliphatic heterocycles. The molecule has 0 aliphatic rings. The van der Waals surface area contributed by atoms with E-state index in [2.05, 4.69) is 36.8 Å². The zero-order valence-corrected chi connectivity index (χ0v) is 12.7. The van der Waals surface area contributed by atoms with Crippen molar-refractivity contribution in [1.29, 1.82) is 0 Å². The third-order valence-corrected chi connectivity index (χ3v) is 3.73. The zero-order valence-electron chi connectivity index (χ0n) is 9.55. The second-order valence-electron chi connectivity index (χ2n) is 3.37. The first-order valence-corrected chi connectivity index (χ1v) is 7.08. The Morgan fingerprint density at radius 3 is 2.72 bits per heavy atom. The number of halogens is 4. The molecule has 0 saturated carbocycles. The lowest BCUT2D eigenvalue weighted by Crippen LogP contribution is -2.12. The van der Waals surface area contributed by atoms with Crippen molar-refractivity contribution in [2.75, 3.05) is 6.61 Å². The largest absolute Gasteiger partial charge is 0.466 e. The van der Waals surface area contributed by atoms with Crippen LogP contribution in [0, 0.1) is 0 Å². The highest BCUT2D eigenvalue weighted by Crippen LogP contribution is 2.33. The number of alkyl halides is 3. The van der Waals surface area contributed by atoms with Gasteiger partial charge in [0, 0.05) is 16.0 Å². The molecule has 100 valence electrons. The number of hydrogen-bond donors (Lipinski definition) is 0. The van der Waals surface area contributed by atoms with Crippen molar-refractivity contribution >= 4 is 37.8 Å². The van der Waals surface area contributed by atoms with Gasteiger partial charge in [0.25, 0.3) is 6.43 Å². The Hall–Kier alpha value is -0.560. The Labute approximate surface area is 120 Å². The van der Waals surface area contributed by atoms with E-state index in [0.717, 1.165) is 0 Å². The second kappa shape index (κ2) is 7.13. The normalized spacial score (nSPS) is 10.8. The molecule has 1 heterocycles. The minimum atomic E-state index is -2.70. The summed E-state index contributed by atoms with van der Waals surface area (Å²) in [5.41, 5.74) is 0.401. The summed E-state index contributed by atoms with van der Waals surface area (Å²) < 4.78 is 31.0. The summed E-state index contributed by atoms with van der Waals surface area (Å²) in [5, 5.41) is 0.403. The van der Waals surface area contributed by atoms with Crippen LogP contribution >= 0.6 is 31.9 Å². The van der Waals surface area contributed by atoms with Crippen molar-refractivity contribution in [3.8, 4) is 0 Å². The van der Waals surface area contributed by atoms with Crippen molar-refractivity contribution in [1.82, 2.24) is 4.98 Å². The number of aromatic nitrogens is 1. The summed E-state index contributed by atoms with van der Waals surface area (Å²) in [4.78, 5) is 15.2. The molecule has 0 bridgehead atoms. The topological polar surface area (TPSA) is 39.2 Å². The molecule has 0 N–H and O–H groups in total. The molecule has 3 nitrogen and oxygen atoms in total. The summed E-state index contributed by atoms with van der Waals surface area (Å²) >= 11 is 6.31. The summed E-state index contributed by atoms with van der Waals surface area (Å²) in [5.74, 6) is -0.564. The second-order valence-corrected chi connectivity index (χ2v) is 4.73. The van der Waals surface area contributed by atoms with Gasteiger partial charge in [0.1, 0.15) is 0 Å². The number of pyridine rings is 1. The lowest BCUT2D eigenvalue weighted by atomic mass is 10.1. The van der Waals surface area contributed by atoms with Gasteiger partial charge in [0.2, 0.25) is 0 Å². The van der Waals surface area contributed by atoms with Crippen molar-refractivity contribution in [3.63, 3.8) is 0 Å². The molecule has 0 saturated heterocycles. The molecular formula is C11H11Br2F2NO2. The summed E-state index contributed by atoms with van der Waals surface area (Å²) in [6.45, 7) is 1.87. The molecule has 7 heteroatoms. The standard InChI is InChI=1S/C11H11Br2F2NO2/c1-2-18-8(17)3-7-9(11(14)15)10(13)6(4-12)5-16-7/h5,11H,2-4H2,1H3. The summed E-state index contributed by atoms with van der Waals surface area (Å²) in [7, 11) is 0. The van der Waals surface area contributed by atoms with E-state index in [9.17, 15) is 13.6 Å². The molecule has 0 amide bonds. The first-order chi connectivity index (χ1) is 8.51. The third kappa shape index (κ3) is 3.71. The average Bonchev–Trinajstić information content (AvgIpc) is 2.29. The highest BCUT2D eigenvalue weighted by Gasteiger charge is 2.22. The van der Waals surface area contributed by atoms with Crippen molar-refractivity contribution < 1.29 is 18.3 Å². The van der Waals surface area contributed by atoms with Gasteiger partial charge in [0.05, 0.1) is 24.3 Å². The number of carbonyl (C=O) groups is 1. The van der Waals surface area contributed by atoms with Gasteiger partial charge in [-0.25, -0.2) is 8.78 Å². The molecule has 1 aromatic heterocycles. The Balaban J connectivity index is 3.11. The first kappa shape index (κ1) is 15.5. The maximum absolute atomic E-state index is 13.0. The number of ether oxygens (including phenoxy) is 1. The molecule has 0 fully saturated rings. The fourth-order valence-electron chi connectivity index (χ4n) is 1.39. The van der Waals surface area contributed by atoms with Crippen LogP contribution in [0.4, 0.5) is 8.78 Å². The van der Waals surface area contributed by atoms with Crippen LogP contribution in [0.3, 0.4) is 0 Å². The summed E-state index contributed by atoms with van der Waals surface area (Å²) in [6, 6.07) is 0. The van der Waals surface area contributed by atoms with E-state index in [1.165, 1.54) is 6.20 Å². The predicted octanol–water partition coefficient (Wildman–Crippen LogP) is 3.78. The molecule has 0 unspecified atom stereocenters. The zero-order chi connectivity index (χ0) is 13.7. The molecule has 0 aromatic carbocycles. The Morgan fingerprint density at radius 2 is 2.22 bits per heavy atom. The number of nitrogens with zero attached hydrogens (tertiary/aromatic N) is 1. The Morgan fingerprint density at radius 1 is 1.56 bits per heavy atom. The first-order valence-electron chi connectivity index (χ1n) is 5.17. The van der Waals surface area contributed by atoms with Gasteiger partial charge in [-0.1, -0.05) is 15.9 Å². The van der Waals surface area contributed by atoms with E-state index in [1.807, 2.05) is 0 Å². The van der Waals surface area contributed by atoms with Gasteiger partial charge in [0.15, 0.2) is 0 Å². The Bertz CT molecular complexity index is 441. The van der Waals surface area contributed by atoms with Crippen LogP contribution in [-0.2, 0) is 21.3 Å². The van der Waals surface area contributed by atoms with Crippen LogP contribution < -0.4 is 0 Å². The molecule has 0 spiro atoms. The maximum Gasteiger partial charge on any atom is 0.311 e. The van der Waals surface area contributed by atoms with E-state index in [4.69, 9.17) is 4.74 Å². The molecule has 0 radical (unpaired) electrons. The van der Waals surface area contributed by atoms with E-state index in [-0.39, 0.29) is 28.8 Å². The fourth-order valence-corrected chi connectivity index (χ4v) is 2.83. The smallest absolute Gasteiger partial charge is 0.311 e. The molecule has 18 heavy (non-hydrogen) atoms. The van der Waals surface area contributed by atoms with Crippen LogP contribution in [0.15, 0.2) is 10.7 Å². The van der Waals surface area contributed by atoms with E-state index >= 15 is 0 Å². The van der Waals surface area contributed by atoms with Crippen LogP contribution in [0.25, 0.3) is 0 Å². The average molecular weight is 387 g/mol. The summed E-state index contributed by atoms with van der Waals surface area (Å²) in [6.07, 6.45) is -1.50. The quantitative estimate of drug-likeness (QED) is 0.571.